The van der Waals surface area contributed by atoms with Crippen molar-refractivity contribution in [2.24, 2.45) is 5.92 Å². The maximum atomic E-state index is 10.5. The molecule has 2 nitrogen and oxygen atoms in total. The Kier molecular flexibility index (Phi) is 7.84. The van der Waals surface area contributed by atoms with E-state index in [-0.39, 0.29) is 0 Å². The Hall–Kier alpha value is -1.12. The minimum absolute atomic E-state index is 0.324. The van der Waals surface area contributed by atoms with E-state index in [4.69, 9.17) is 0 Å². The van der Waals surface area contributed by atoms with Gasteiger partial charge in [0.15, 0.2) is 0 Å². The van der Waals surface area contributed by atoms with Crippen LogP contribution in [-0.4, -0.2) is 22.4 Å². The zero-order valence-electron chi connectivity index (χ0n) is 14.6. The molecule has 0 radical (unpaired) electrons. The molecule has 0 saturated heterocycles. The molecular formula is C20H32O2. The molecule has 1 rings (SSSR count). The molecule has 0 spiro atoms. The number of aliphatic hydroxyl groups is 2. The Morgan fingerprint density at radius 1 is 1.05 bits per heavy atom. The molecule has 1 aliphatic rings. The summed E-state index contributed by atoms with van der Waals surface area (Å²) in [6, 6.07) is 0. The van der Waals surface area contributed by atoms with Gasteiger partial charge in [0.25, 0.3) is 0 Å². The molecule has 2 N–H and O–H groups in total. The van der Waals surface area contributed by atoms with Crippen LogP contribution in [-0.2, 0) is 0 Å². The SMILES string of the molecule is C=C1CCC=C(C)CC(O)C(C(C)C)=CC=C(C)CCC1O. The van der Waals surface area contributed by atoms with Gasteiger partial charge in [0, 0.05) is 0 Å². The number of aliphatic hydroxyl groups excluding tert-OH is 2. The summed E-state index contributed by atoms with van der Waals surface area (Å²) in [6.07, 6.45) is 9.40. The van der Waals surface area contributed by atoms with Crippen molar-refractivity contribution in [3.63, 3.8) is 0 Å². The molecule has 2 atom stereocenters. The highest BCUT2D eigenvalue weighted by Gasteiger charge is 2.15. The zero-order chi connectivity index (χ0) is 16.7. The molecule has 0 aromatic carbocycles. The maximum Gasteiger partial charge on any atom is 0.0792 e. The second kappa shape index (κ2) is 9.12. The van der Waals surface area contributed by atoms with Gasteiger partial charge >= 0.3 is 0 Å². The average Bonchev–Trinajstić information content (AvgIpc) is 2.43. The minimum Gasteiger partial charge on any atom is -0.389 e. The third kappa shape index (κ3) is 6.33. The number of hydrogen-bond donors (Lipinski definition) is 2. The summed E-state index contributed by atoms with van der Waals surface area (Å²) in [5.74, 6) is 0.324. The highest BCUT2D eigenvalue weighted by atomic mass is 16.3. The summed E-state index contributed by atoms with van der Waals surface area (Å²) < 4.78 is 0. The van der Waals surface area contributed by atoms with Gasteiger partial charge in [-0.3, -0.25) is 0 Å². The predicted molar refractivity (Wildman–Crippen MR) is 94.7 cm³/mol. The number of allylic oxidation sites excluding steroid dienone is 4. The van der Waals surface area contributed by atoms with Gasteiger partial charge in [-0.05, 0) is 63.0 Å². The van der Waals surface area contributed by atoms with Gasteiger partial charge in [0.2, 0.25) is 0 Å². The standard InChI is InChI=1S/C20H32O2/c1-14(2)18-11-9-15(3)10-12-19(21)17(5)8-6-7-16(4)13-20(18)22/h7,9,11,14,19-22H,5-6,8,10,12-13H2,1-4H3. The molecule has 0 saturated carbocycles. The van der Waals surface area contributed by atoms with E-state index in [1.165, 1.54) is 11.1 Å². The van der Waals surface area contributed by atoms with Gasteiger partial charge in [-0.2, -0.15) is 0 Å². The van der Waals surface area contributed by atoms with Crippen LogP contribution in [0.3, 0.4) is 0 Å². The summed E-state index contributed by atoms with van der Waals surface area (Å²) in [5.41, 5.74) is 4.41. The Labute approximate surface area is 135 Å². The first-order valence-corrected chi connectivity index (χ1v) is 8.38. The van der Waals surface area contributed by atoms with Crippen molar-refractivity contribution in [1.29, 1.82) is 0 Å². The quantitative estimate of drug-likeness (QED) is 0.689. The molecule has 0 aromatic heterocycles. The average molecular weight is 304 g/mol. The summed E-state index contributed by atoms with van der Waals surface area (Å²) in [5, 5.41) is 20.7. The van der Waals surface area contributed by atoms with E-state index >= 15 is 0 Å². The van der Waals surface area contributed by atoms with Crippen LogP contribution < -0.4 is 0 Å². The van der Waals surface area contributed by atoms with Crippen molar-refractivity contribution in [1.82, 2.24) is 0 Å². The van der Waals surface area contributed by atoms with Gasteiger partial charge in [-0.25, -0.2) is 0 Å². The lowest BCUT2D eigenvalue weighted by Gasteiger charge is -2.19. The van der Waals surface area contributed by atoms with Crippen LogP contribution in [0.2, 0.25) is 0 Å². The molecule has 2 unspecified atom stereocenters. The van der Waals surface area contributed by atoms with Gasteiger partial charge in [0.05, 0.1) is 12.2 Å². The van der Waals surface area contributed by atoms with Crippen molar-refractivity contribution < 1.29 is 10.2 Å². The first-order valence-electron chi connectivity index (χ1n) is 8.38. The van der Waals surface area contributed by atoms with E-state index in [1.54, 1.807) is 0 Å². The Morgan fingerprint density at radius 3 is 2.36 bits per heavy atom. The summed E-state index contributed by atoms with van der Waals surface area (Å²) in [4.78, 5) is 0. The van der Waals surface area contributed by atoms with Crippen LogP contribution >= 0.6 is 0 Å². The smallest absolute Gasteiger partial charge is 0.0792 e. The highest BCUT2D eigenvalue weighted by Crippen LogP contribution is 2.23. The molecule has 0 fully saturated rings. The van der Waals surface area contributed by atoms with Crippen molar-refractivity contribution >= 4 is 0 Å². The van der Waals surface area contributed by atoms with Crippen LogP contribution in [0, 0.1) is 5.92 Å². The molecule has 0 aromatic rings. The zero-order valence-corrected chi connectivity index (χ0v) is 14.6. The molecule has 0 aliphatic heterocycles. The van der Waals surface area contributed by atoms with Crippen molar-refractivity contribution in [2.75, 3.05) is 0 Å². The van der Waals surface area contributed by atoms with Crippen molar-refractivity contribution in [3.8, 4) is 0 Å². The second-order valence-corrected chi connectivity index (χ2v) is 6.86. The number of rotatable bonds is 1. The molecule has 124 valence electrons. The third-order valence-electron chi connectivity index (χ3n) is 4.37. The molecular weight excluding hydrogens is 272 g/mol. The molecule has 2 heteroatoms. The molecule has 0 amide bonds. The van der Waals surface area contributed by atoms with E-state index < -0.39 is 12.2 Å². The first kappa shape index (κ1) is 18.9. The van der Waals surface area contributed by atoms with Crippen LogP contribution in [0.1, 0.15) is 59.8 Å². The van der Waals surface area contributed by atoms with Gasteiger partial charge in [0.1, 0.15) is 0 Å². The lowest BCUT2D eigenvalue weighted by molar-refractivity contribution is 0.196. The fourth-order valence-corrected chi connectivity index (χ4v) is 2.76. The molecule has 1 aliphatic carbocycles. The topological polar surface area (TPSA) is 40.5 Å². The maximum absolute atomic E-state index is 10.5. The minimum atomic E-state index is -0.419. The third-order valence-corrected chi connectivity index (χ3v) is 4.37. The fourth-order valence-electron chi connectivity index (χ4n) is 2.76. The van der Waals surface area contributed by atoms with Gasteiger partial charge in [-0.15, -0.1) is 0 Å². The van der Waals surface area contributed by atoms with Crippen molar-refractivity contribution in [2.45, 2.75) is 72.0 Å². The Morgan fingerprint density at radius 2 is 1.73 bits per heavy atom. The van der Waals surface area contributed by atoms with Gasteiger partial charge < -0.3 is 10.2 Å². The molecule has 0 heterocycles. The highest BCUT2D eigenvalue weighted by molar-refractivity contribution is 5.23. The monoisotopic (exact) mass is 304 g/mol. The lowest BCUT2D eigenvalue weighted by Crippen LogP contribution is -2.15. The Balaban J connectivity index is 3.02. The van der Waals surface area contributed by atoms with Crippen molar-refractivity contribution in [3.05, 3.63) is 47.1 Å². The second-order valence-electron chi connectivity index (χ2n) is 6.86. The van der Waals surface area contributed by atoms with Crippen LogP contribution in [0.25, 0.3) is 0 Å². The summed E-state index contributed by atoms with van der Waals surface area (Å²) in [7, 11) is 0. The Bertz CT molecular complexity index is 466. The fraction of sp³-hybridized carbons (Fsp3) is 0.600. The summed E-state index contributed by atoms with van der Waals surface area (Å²) in [6.45, 7) is 12.4. The van der Waals surface area contributed by atoms with Crippen LogP contribution in [0.4, 0.5) is 0 Å². The first-order chi connectivity index (χ1) is 10.3. The molecule has 0 bridgehead atoms. The van der Waals surface area contributed by atoms with E-state index in [9.17, 15) is 10.2 Å². The van der Waals surface area contributed by atoms with Gasteiger partial charge in [-0.1, -0.05) is 49.8 Å². The van der Waals surface area contributed by atoms with E-state index in [2.05, 4.69) is 52.5 Å². The predicted octanol–water partition coefficient (Wildman–Crippen LogP) is 4.70. The lowest BCUT2D eigenvalue weighted by atomic mass is 9.91. The van der Waals surface area contributed by atoms with Crippen LogP contribution in [0.5, 0.6) is 0 Å². The van der Waals surface area contributed by atoms with E-state index in [0.29, 0.717) is 12.3 Å². The van der Waals surface area contributed by atoms with Crippen LogP contribution in [0.15, 0.2) is 47.1 Å². The van der Waals surface area contributed by atoms with E-state index in [1.807, 2.05) is 0 Å². The number of hydrogen-bond acceptors (Lipinski definition) is 2. The normalized spacial score (nSPS) is 26.1. The summed E-state index contributed by atoms with van der Waals surface area (Å²) >= 11 is 0. The van der Waals surface area contributed by atoms with E-state index in [0.717, 1.165) is 36.8 Å². The molecule has 22 heavy (non-hydrogen) atoms. The largest absolute Gasteiger partial charge is 0.389 e.